The molecule has 118 valence electrons. The number of urea groups is 1. The Kier molecular flexibility index (Phi) is 4.57. The van der Waals surface area contributed by atoms with Crippen molar-refractivity contribution in [2.24, 2.45) is 5.73 Å². The molecule has 0 spiro atoms. The fourth-order valence-electron chi connectivity index (χ4n) is 2.55. The van der Waals surface area contributed by atoms with E-state index in [0.29, 0.717) is 24.4 Å². The summed E-state index contributed by atoms with van der Waals surface area (Å²) in [7, 11) is 2.60. The minimum atomic E-state index is -0.600. The van der Waals surface area contributed by atoms with E-state index in [1.54, 1.807) is 4.90 Å². The van der Waals surface area contributed by atoms with E-state index in [9.17, 15) is 4.79 Å². The number of hydrogen-bond acceptors (Lipinski definition) is 3. The molecule has 1 aliphatic rings. The predicted octanol–water partition coefficient (Wildman–Crippen LogP) is 2.46. The molecule has 5 nitrogen and oxygen atoms in total. The molecule has 0 fully saturated rings. The summed E-state index contributed by atoms with van der Waals surface area (Å²) in [4.78, 5) is 14.3. The Bertz CT molecular complexity index is 651. The van der Waals surface area contributed by atoms with Gasteiger partial charge in [-0.2, -0.15) is 0 Å². The first-order valence-corrected chi connectivity index (χ1v) is 7.86. The van der Waals surface area contributed by atoms with Crippen LogP contribution >= 0.6 is 9.24 Å². The first kappa shape index (κ1) is 16.5. The first-order valence-electron chi connectivity index (χ1n) is 7.29. The number of rotatable bonds is 3. The molecular formula is C16H23N4OP. The van der Waals surface area contributed by atoms with Crippen LogP contribution in [0.3, 0.4) is 0 Å². The molecule has 1 atom stereocenters. The maximum absolute atomic E-state index is 12.6. The Morgan fingerprint density at radius 1 is 1.45 bits per heavy atom. The molecular weight excluding hydrogens is 295 g/mol. The van der Waals surface area contributed by atoms with Crippen LogP contribution in [0.15, 0.2) is 35.5 Å². The van der Waals surface area contributed by atoms with E-state index in [4.69, 9.17) is 11.1 Å². The highest BCUT2D eigenvalue weighted by molar-refractivity contribution is 7.28. The van der Waals surface area contributed by atoms with Crippen molar-refractivity contribution in [3.05, 3.63) is 35.5 Å². The molecule has 4 N–H and O–H groups in total. The van der Waals surface area contributed by atoms with Gasteiger partial charge in [0.15, 0.2) is 0 Å². The molecule has 1 unspecified atom stereocenters. The van der Waals surface area contributed by atoms with E-state index in [0.717, 1.165) is 16.6 Å². The number of nitrogens with two attached hydrogens (primary N) is 1. The van der Waals surface area contributed by atoms with Gasteiger partial charge >= 0.3 is 6.03 Å². The van der Waals surface area contributed by atoms with Crippen molar-refractivity contribution in [3.8, 4) is 0 Å². The van der Waals surface area contributed by atoms with Gasteiger partial charge in [-0.25, -0.2) is 4.79 Å². The normalized spacial score (nSPS) is 16.8. The molecule has 2 amide bonds. The van der Waals surface area contributed by atoms with Gasteiger partial charge < -0.3 is 21.4 Å². The SMILES string of the molecule is CCC(=N)C1=C(N)C(C)(C)N(C(=O)Nc2ccccc2P)C1. The van der Waals surface area contributed by atoms with Crippen molar-refractivity contribution in [2.45, 2.75) is 32.7 Å². The second-order valence-electron chi connectivity index (χ2n) is 5.89. The van der Waals surface area contributed by atoms with Gasteiger partial charge in [-0.1, -0.05) is 25.1 Å². The Labute approximate surface area is 133 Å². The molecule has 22 heavy (non-hydrogen) atoms. The number of amides is 2. The lowest BCUT2D eigenvalue weighted by Crippen LogP contribution is -2.48. The summed E-state index contributed by atoms with van der Waals surface area (Å²) >= 11 is 0. The second kappa shape index (κ2) is 6.09. The number of hydrogen-bond donors (Lipinski definition) is 3. The fraction of sp³-hybridized carbons (Fsp3) is 0.375. The van der Waals surface area contributed by atoms with Crippen molar-refractivity contribution < 1.29 is 4.79 Å². The molecule has 0 aromatic heterocycles. The fourth-order valence-corrected chi connectivity index (χ4v) is 2.83. The zero-order valence-corrected chi connectivity index (χ0v) is 14.4. The van der Waals surface area contributed by atoms with E-state index in [2.05, 4.69) is 14.6 Å². The van der Waals surface area contributed by atoms with Crippen LogP contribution in [0.2, 0.25) is 0 Å². The molecule has 0 saturated carbocycles. The van der Waals surface area contributed by atoms with Gasteiger partial charge in [0.05, 0.1) is 12.1 Å². The van der Waals surface area contributed by atoms with Crippen molar-refractivity contribution in [1.29, 1.82) is 5.41 Å². The quantitative estimate of drug-likeness (QED) is 0.591. The molecule has 0 saturated heterocycles. The summed E-state index contributed by atoms with van der Waals surface area (Å²) in [6, 6.07) is 7.36. The topological polar surface area (TPSA) is 82.2 Å². The molecule has 0 bridgehead atoms. The van der Waals surface area contributed by atoms with E-state index >= 15 is 0 Å². The number of benzene rings is 1. The van der Waals surface area contributed by atoms with Crippen molar-refractivity contribution in [1.82, 2.24) is 4.90 Å². The Morgan fingerprint density at radius 2 is 2.09 bits per heavy atom. The van der Waals surface area contributed by atoms with Crippen molar-refractivity contribution in [2.75, 3.05) is 11.9 Å². The second-order valence-corrected chi connectivity index (χ2v) is 6.51. The number of carbonyl (C=O) groups excluding carboxylic acids is 1. The molecule has 0 aliphatic carbocycles. The van der Waals surface area contributed by atoms with Gasteiger partial charge in [0.1, 0.15) is 0 Å². The van der Waals surface area contributed by atoms with Crippen molar-refractivity contribution in [3.63, 3.8) is 0 Å². The molecule has 1 aromatic carbocycles. The van der Waals surface area contributed by atoms with Gasteiger partial charge in [-0.15, -0.1) is 9.24 Å². The minimum absolute atomic E-state index is 0.207. The number of para-hydroxylation sites is 1. The highest BCUT2D eigenvalue weighted by atomic mass is 31.0. The zero-order chi connectivity index (χ0) is 16.5. The summed E-state index contributed by atoms with van der Waals surface area (Å²) < 4.78 is 0. The van der Waals surface area contributed by atoms with Gasteiger partial charge in [-0.05, 0) is 31.6 Å². The van der Waals surface area contributed by atoms with Crippen LogP contribution in [0, 0.1) is 5.41 Å². The van der Waals surface area contributed by atoms with E-state index in [-0.39, 0.29) is 6.03 Å². The van der Waals surface area contributed by atoms with E-state index < -0.39 is 5.54 Å². The third kappa shape index (κ3) is 2.86. The Hall–Kier alpha value is -1.87. The van der Waals surface area contributed by atoms with Crippen LogP contribution < -0.4 is 16.4 Å². The Balaban J connectivity index is 2.22. The smallest absolute Gasteiger partial charge is 0.322 e. The lowest BCUT2D eigenvalue weighted by Gasteiger charge is -2.33. The average molecular weight is 318 g/mol. The molecule has 1 heterocycles. The third-order valence-corrected chi connectivity index (χ3v) is 4.64. The lowest BCUT2D eigenvalue weighted by atomic mass is 9.98. The van der Waals surface area contributed by atoms with Crippen molar-refractivity contribution >= 4 is 32.0 Å². The third-order valence-electron chi connectivity index (χ3n) is 4.14. The summed E-state index contributed by atoms with van der Waals surface area (Å²) in [5.74, 6) is 0. The Morgan fingerprint density at radius 3 is 2.68 bits per heavy atom. The van der Waals surface area contributed by atoms with Crippen LogP contribution in [0.4, 0.5) is 10.5 Å². The summed E-state index contributed by atoms with van der Waals surface area (Å²) in [5, 5.41) is 11.9. The number of carbonyl (C=O) groups is 1. The van der Waals surface area contributed by atoms with Crippen LogP contribution in [0.5, 0.6) is 0 Å². The molecule has 1 aromatic rings. The molecule has 0 radical (unpaired) electrons. The highest BCUT2D eigenvalue weighted by Crippen LogP contribution is 2.32. The van der Waals surface area contributed by atoms with Crippen LogP contribution in [0.25, 0.3) is 0 Å². The lowest BCUT2D eigenvalue weighted by molar-refractivity contribution is 0.184. The van der Waals surface area contributed by atoms with Gasteiger partial charge in [0.2, 0.25) is 0 Å². The maximum Gasteiger partial charge on any atom is 0.322 e. The van der Waals surface area contributed by atoms with E-state index in [1.807, 2.05) is 45.0 Å². The van der Waals surface area contributed by atoms with Crippen LogP contribution in [-0.4, -0.2) is 28.7 Å². The zero-order valence-electron chi connectivity index (χ0n) is 13.2. The highest BCUT2D eigenvalue weighted by Gasteiger charge is 2.41. The summed E-state index contributed by atoms with van der Waals surface area (Å²) in [5.41, 5.74) is 8.22. The molecule has 1 aliphatic heterocycles. The predicted molar refractivity (Wildman–Crippen MR) is 94.8 cm³/mol. The summed E-state index contributed by atoms with van der Waals surface area (Å²) in [6.45, 7) is 6.11. The molecule has 6 heteroatoms. The standard InChI is InChI=1S/C16H23N4OP/c1-4-11(17)10-9-20(16(2,3)14(10)18)15(21)19-12-7-5-6-8-13(12)22/h5-8,17H,4,9,18,22H2,1-3H3,(H,19,21). The van der Waals surface area contributed by atoms with E-state index in [1.165, 1.54) is 0 Å². The first-order chi connectivity index (χ1) is 10.3. The maximum atomic E-state index is 12.6. The number of nitrogens with one attached hydrogen (secondary N) is 2. The number of anilines is 1. The van der Waals surface area contributed by atoms with Crippen LogP contribution in [0.1, 0.15) is 27.2 Å². The largest absolute Gasteiger partial charge is 0.400 e. The summed E-state index contributed by atoms with van der Waals surface area (Å²) in [6.07, 6.45) is 0.607. The van der Waals surface area contributed by atoms with Crippen LogP contribution in [-0.2, 0) is 0 Å². The monoisotopic (exact) mass is 318 g/mol. The van der Waals surface area contributed by atoms with Gasteiger partial charge in [-0.3, -0.25) is 0 Å². The number of nitrogens with zero attached hydrogens (tertiary/aromatic N) is 1. The minimum Gasteiger partial charge on any atom is -0.400 e. The van der Waals surface area contributed by atoms with Gasteiger partial charge in [0, 0.05) is 22.7 Å². The average Bonchev–Trinajstić information content (AvgIpc) is 2.72. The van der Waals surface area contributed by atoms with Gasteiger partial charge in [0.25, 0.3) is 0 Å². The molecule has 2 rings (SSSR count).